The van der Waals surface area contributed by atoms with Crippen LogP contribution < -0.4 is 0 Å². The second-order valence-corrected chi connectivity index (χ2v) is 8.75. The number of likely N-dealkylation sites (N-methyl/N-ethyl adjacent to an activating group) is 1. The van der Waals surface area contributed by atoms with Crippen LogP contribution in [0.25, 0.3) is 0 Å². The summed E-state index contributed by atoms with van der Waals surface area (Å²) in [6, 6.07) is 8.87. The molecule has 1 aliphatic carbocycles. The van der Waals surface area contributed by atoms with Crippen molar-refractivity contribution in [2.75, 3.05) is 54.1 Å². The van der Waals surface area contributed by atoms with Gasteiger partial charge in [-0.05, 0) is 42.2 Å². The molecule has 0 bridgehead atoms. The number of benzene rings is 1. The van der Waals surface area contributed by atoms with Crippen LogP contribution in [-0.4, -0.2) is 76.1 Å². The number of ether oxygens (including phenoxy) is 3. The number of rotatable bonds is 12. The maximum atomic E-state index is 12.2. The van der Waals surface area contributed by atoms with E-state index in [0.717, 1.165) is 24.8 Å². The van der Waals surface area contributed by atoms with Crippen LogP contribution in [0.1, 0.15) is 36.8 Å². The zero-order chi connectivity index (χ0) is 21.3. The van der Waals surface area contributed by atoms with Crippen molar-refractivity contribution in [1.82, 2.24) is 9.80 Å². The van der Waals surface area contributed by atoms with Gasteiger partial charge in [0, 0.05) is 40.9 Å². The third-order valence-electron chi connectivity index (χ3n) is 6.57. The van der Waals surface area contributed by atoms with Crippen molar-refractivity contribution in [3.05, 3.63) is 35.4 Å². The van der Waals surface area contributed by atoms with E-state index >= 15 is 0 Å². The molecule has 30 heavy (non-hydrogen) atoms. The molecule has 0 aromatic heterocycles. The molecule has 1 amide bonds. The molecule has 2 atom stereocenters. The van der Waals surface area contributed by atoms with Crippen molar-refractivity contribution in [3.8, 4) is 0 Å². The summed E-state index contributed by atoms with van der Waals surface area (Å²) in [6.45, 7) is 5.09. The van der Waals surface area contributed by atoms with E-state index in [9.17, 15) is 4.79 Å². The topological polar surface area (TPSA) is 51.2 Å². The molecule has 0 spiro atoms. The predicted molar refractivity (Wildman–Crippen MR) is 117 cm³/mol. The van der Waals surface area contributed by atoms with E-state index in [-0.39, 0.29) is 5.91 Å². The van der Waals surface area contributed by atoms with E-state index < -0.39 is 6.29 Å². The fourth-order valence-electron chi connectivity index (χ4n) is 4.82. The maximum absolute atomic E-state index is 12.2. The normalized spacial score (nSPS) is 21.3. The molecule has 2 fully saturated rings. The van der Waals surface area contributed by atoms with Gasteiger partial charge in [0.2, 0.25) is 5.91 Å². The number of hydrogen-bond acceptors (Lipinski definition) is 5. The van der Waals surface area contributed by atoms with Gasteiger partial charge in [-0.25, -0.2) is 0 Å². The summed E-state index contributed by atoms with van der Waals surface area (Å²) in [5.41, 5.74) is 2.70. The minimum absolute atomic E-state index is 0.0338. The first-order chi connectivity index (χ1) is 14.6. The van der Waals surface area contributed by atoms with Crippen LogP contribution in [0.15, 0.2) is 24.3 Å². The average molecular weight is 419 g/mol. The third kappa shape index (κ3) is 6.77. The number of nitrogens with zero attached hydrogens (tertiary/aromatic N) is 2. The van der Waals surface area contributed by atoms with Crippen LogP contribution in [0, 0.1) is 11.8 Å². The fraction of sp³-hybridized carbons (Fsp3) is 0.708. The second-order valence-electron chi connectivity index (χ2n) is 8.75. The number of hydrogen-bond donors (Lipinski definition) is 0. The van der Waals surface area contributed by atoms with Gasteiger partial charge >= 0.3 is 0 Å². The van der Waals surface area contributed by atoms with E-state index in [0.29, 0.717) is 26.2 Å². The largest absolute Gasteiger partial charge is 0.381 e. The molecule has 6 heteroatoms. The quantitative estimate of drug-likeness (QED) is 0.386. The standard InChI is InChI=1S/C24H38N2O4/c1-25(18-24(28-2)29-3)23(27)11-13-30-12-10-19-6-4-7-20(14-19)15-26-16-21-8-5-9-22(21)17-26/h4,6-7,14,21-22,24H,5,8-13,15-18H2,1-3H3. The van der Waals surface area contributed by atoms with Crippen molar-refractivity contribution in [1.29, 1.82) is 0 Å². The lowest BCUT2D eigenvalue weighted by Crippen LogP contribution is -2.36. The van der Waals surface area contributed by atoms with Gasteiger partial charge in [-0.3, -0.25) is 9.69 Å². The molecule has 1 heterocycles. The Morgan fingerprint density at radius 2 is 1.83 bits per heavy atom. The minimum atomic E-state index is -0.396. The molecule has 1 saturated heterocycles. The lowest BCUT2D eigenvalue weighted by Gasteiger charge is -2.22. The van der Waals surface area contributed by atoms with Gasteiger partial charge < -0.3 is 19.1 Å². The first-order valence-corrected chi connectivity index (χ1v) is 11.3. The molecule has 0 N–H and O–H groups in total. The number of methoxy groups -OCH3 is 2. The molecule has 2 unspecified atom stereocenters. The highest BCUT2D eigenvalue weighted by Gasteiger charge is 2.35. The Hall–Kier alpha value is -1.47. The molecule has 1 aliphatic heterocycles. The smallest absolute Gasteiger partial charge is 0.224 e. The molecule has 2 aliphatic rings. The van der Waals surface area contributed by atoms with Crippen LogP contribution in [0.2, 0.25) is 0 Å². The van der Waals surface area contributed by atoms with Crippen molar-refractivity contribution >= 4 is 5.91 Å². The monoisotopic (exact) mass is 418 g/mol. The number of carbonyl (C=O) groups excluding carboxylic acids is 1. The molecule has 1 aromatic rings. The SMILES string of the molecule is COC(CN(C)C(=O)CCOCCc1cccc(CN2CC3CCCC3C2)c1)OC. The molecule has 3 rings (SSSR count). The Balaban J connectivity index is 1.32. The van der Waals surface area contributed by atoms with Crippen molar-refractivity contribution in [3.63, 3.8) is 0 Å². The molecule has 1 aromatic carbocycles. The van der Waals surface area contributed by atoms with Gasteiger partial charge in [0.1, 0.15) is 0 Å². The van der Waals surface area contributed by atoms with Crippen molar-refractivity contribution in [2.45, 2.75) is 44.9 Å². The van der Waals surface area contributed by atoms with E-state index in [1.165, 1.54) is 43.5 Å². The number of likely N-dealkylation sites (tertiary alicyclic amines) is 1. The molecular formula is C24H38N2O4. The lowest BCUT2D eigenvalue weighted by atomic mass is 10.0. The van der Waals surface area contributed by atoms with E-state index in [1.54, 1.807) is 26.2 Å². The van der Waals surface area contributed by atoms with Crippen LogP contribution in [0.4, 0.5) is 0 Å². The third-order valence-corrected chi connectivity index (χ3v) is 6.57. The highest BCUT2D eigenvalue weighted by atomic mass is 16.7. The summed E-state index contributed by atoms with van der Waals surface area (Å²) in [4.78, 5) is 16.4. The fourth-order valence-corrected chi connectivity index (χ4v) is 4.82. The second kappa shape index (κ2) is 11.8. The predicted octanol–water partition coefficient (Wildman–Crippen LogP) is 2.95. The van der Waals surface area contributed by atoms with E-state index in [2.05, 4.69) is 29.2 Å². The summed E-state index contributed by atoms with van der Waals surface area (Å²) in [6.07, 6.45) is 5.13. The lowest BCUT2D eigenvalue weighted by molar-refractivity contribution is -0.143. The molecule has 0 radical (unpaired) electrons. The van der Waals surface area contributed by atoms with Crippen LogP contribution >= 0.6 is 0 Å². The average Bonchev–Trinajstić information content (AvgIpc) is 3.33. The molecule has 6 nitrogen and oxygen atoms in total. The number of fused-ring (bicyclic) bond motifs is 1. The van der Waals surface area contributed by atoms with Crippen LogP contribution in [0.5, 0.6) is 0 Å². The summed E-state index contributed by atoms with van der Waals surface area (Å²) in [5.74, 6) is 1.92. The Morgan fingerprint density at radius 1 is 1.13 bits per heavy atom. The van der Waals surface area contributed by atoms with Crippen LogP contribution in [0.3, 0.4) is 0 Å². The summed E-state index contributed by atoms with van der Waals surface area (Å²) < 4.78 is 16.0. The van der Waals surface area contributed by atoms with Gasteiger partial charge in [0.25, 0.3) is 0 Å². The molecule has 1 saturated carbocycles. The first kappa shape index (κ1) is 23.2. The maximum Gasteiger partial charge on any atom is 0.224 e. The zero-order valence-corrected chi connectivity index (χ0v) is 18.8. The van der Waals surface area contributed by atoms with E-state index in [1.807, 2.05) is 0 Å². The Kier molecular flexibility index (Phi) is 9.12. The summed E-state index contributed by atoms with van der Waals surface area (Å²) >= 11 is 0. The van der Waals surface area contributed by atoms with Gasteiger partial charge in [0.05, 0.1) is 26.2 Å². The number of carbonyl (C=O) groups is 1. The highest BCUT2D eigenvalue weighted by molar-refractivity contribution is 5.75. The Bertz CT molecular complexity index is 652. The van der Waals surface area contributed by atoms with Crippen molar-refractivity contribution in [2.24, 2.45) is 11.8 Å². The van der Waals surface area contributed by atoms with Crippen molar-refractivity contribution < 1.29 is 19.0 Å². The first-order valence-electron chi connectivity index (χ1n) is 11.3. The highest BCUT2D eigenvalue weighted by Crippen LogP contribution is 2.38. The molecular weight excluding hydrogens is 380 g/mol. The van der Waals surface area contributed by atoms with Gasteiger partial charge in [0.15, 0.2) is 6.29 Å². The van der Waals surface area contributed by atoms with Gasteiger partial charge in [-0.15, -0.1) is 0 Å². The Morgan fingerprint density at radius 3 is 2.53 bits per heavy atom. The van der Waals surface area contributed by atoms with E-state index in [4.69, 9.17) is 14.2 Å². The van der Waals surface area contributed by atoms with Gasteiger partial charge in [-0.2, -0.15) is 0 Å². The summed E-state index contributed by atoms with van der Waals surface area (Å²) in [5, 5.41) is 0. The van der Waals surface area contributed by atoms with Gasteiger partial charge in [-0.1, -0.05) is 30.7 Å². The minimum Gasteiger partial charge on any atom is -0.381 e. The number of amides is 1. The Labute approximate surface area is 181 Å². The zero-order valence-electron chi connectivity index (χ0n) is 18.8. The van der Waals surface area contributed by atoms with Crippen LogP contribution in [-0.2, 0) is 32.0 Å². The molecule has 168 valence electrons. The summed E-state index contributed by atoms with van der Waals surface area (Å²) in [7, 11) is 4.90.